The Morgan fingerprint density at radius 1 is 1.06 bits per heavy atom. The molecule has 2 fully saturated rings. The fourth-order valence-corrected chi connectivity index (χ4v) is 7.09. The Labute approximate surface area is 210 Å². The van der Waals surface area contributed by atoms with Crippen LogP contribution in [0.4, 0.5) is 17.5 Å². The molecular weight excluding hydrogens is 458 g/mol. The van der Waals surface area contributed by atoms with E-state index < -0.39 is 0 Å². The van der Waals surface area contributed by atoms with Crippen molar-refractivity contribution in [2.75, 3.05) is 42.9 Å². The van der Waals surface area contributed by atoms with Gasteiger partial charge >= 0.3 is 0 Å². The van der Waals surface area contributed by atoms with Gasteiger partial charge in [0.2, 0.25) is 5.95 Å². The average molecular weight is 492 g/mol. The zero-order valence-corrected chi connectivity index (χ0v) is 21.3. The van der Waals surface area contributed by atoms with E-state index >= 15 is 0 Å². The van der Waals surface area contributed by atoms with E-state index in [-0.39, 0.29) is 11.3 Å². The quantitative estimate of drug-likeness (QED) is 0.563. The van der Waals surface area contributed by atoms with Crippen LogP contribution >= 0.6 is 11.3 Å². The summed E-state index contributed by atoms with van der Waals surface area (Å²) >= 11 is 1.52. The first-order valence-corrected chi connectivity index (χ1v) is 13.6. The molecule has 35 heavy (non-hydrogen) atoms. The second-order valence-corrected chi connectivity index (χ2v) is 11.4. The standard InChI is InChI=1S/C26H33N7OS/c1-17(2)32-10-12-33(13-11-32)18-6-7-20(27-14-18)30-25-28-15-19-22(31-25)21-23(35-19)24(34)29-16-26(21)8-4-3-5-9-26/h6-7,14-15,17H,3-5,8-13,16H2,1-2H3,(H,29,34)(H,27,28,30,31). The van der Waals surface area contributed by atoms with Crippen molar-refractivity contribution < 1.29 is 4.79 Å². The van der Waals surface area contributed by atoms with Gasteiger partial charge in [0.15, 0.2) is 0 Å². The minimum atomic E-state index is 0.00482. The Kier molecular flexibility index (Phi) is 5.84. The first kappa shape index (κ1) is 22.7. The molecule has 1 saturated carbocycles. The van der Waals surface area contributed by atoms with Crippen LogP contribution < -0.4 is 15.5 Å². The zero-order valence-electron chi connectivity index (χ0n) is 20.5. The van der Waals surface area contributed by atoms with Crippen LogP contribution in [0.5, 0.6) is 0 Å². The Morgan fingerprint density at radius 2 is 1.86 bits per heavy atom. The third-order valence-electron chi connectivity index (χ3n) is 7.96. The predicted octanol–water partition coefficient (Wildman–Crippen LogP) is 4.31. The van der Waals surface area contributed by atoms with E-state index in [1.165, 1.54) is 30.6 Å². The molecule has 1 saturated heterocycles. The van der Waals surface area contributed by atoms with Crippen molar-refractivity contribution in [3.8, 4) is 0 Å². The van der Waals surface area contributed by atoms with E-state index in [1.807, 2.05) is 18.5 Å². The molecule has 1 aliphatic carbocycles. The topological polar surface area (TPSA) is 86.3 Å². The summed E-state index contributed by atoms with van der Waals surface area (Å²) in [7, 11) is 0. The van der Waals surface area contributed by atoms with Crippen LogP contribution in [-0.4, -0.2) is 64.5 Å². The molecule has 0 bridgehead atoms. The molecule has 0 atom stereocenters. The number of carbonyl (C=O) groups excluding carboxylic acids is 1. The summed E-state index contributed by atoms with van der Waals surface area (Å²) in [6.45, 7) is 9.42. The van der Waals surface area contributed by atoms with E-state index in [4.69, 9.17) is 4.98 Å². The first-order valence-electron chi connectivity index (χ1n) is 12.8. The molecule has 5 heterocycles. The van der Waals surface area contributed by atoms with Gasteiger partial charge in [-0.15, -0.1) is 11.3 Å². The third kappa shape index (κ3) is 4.14. The van der Waals surface area contributed by atoms with Gasteiger partial charge in [0.05, 0.1) is 33.2 Å². The summed E-state index contributed by atoms with van der Waals surface area (Å²) in [6.07, 6.45) is 9.65. The Bertz CT molecular complexity index is 1220. The molecule has 1 amide bonds. The maximum Gasteiger partial charge on any atom is 0.261 e. The lowest BCUT2D eigenvalue weighted by atomic mass is 9.68. The van der Waals surface area contributed by atoms with Crippen LogP contribution in [-0.2, 0) is 5.41 Å². The predicted molar refractivity (Wildman–Crippen MR) is 141 cm³/mol. The largest absolute Gasteiger partial charge is 0.368 e. The number of anilines is 3. The van der Waals surface area contributed by atoms with Crippen molar-refractivity contribution in [2.45, 2.75) is 57.4 Å². The number of carbonyl (C=O) groups is 1. The zero-order chi connectivity index (χ0) is 24.0. The van der Waals surface area contributed by atoms with Crippen molar-refractivity contribution in [1.82, 2.24) is 25.2 Å². The van der Waals surface area contributed by atoms with E-state index in [1.54, 1.807) is 0 Å². The van der Waals surface area contributed by atoms with E-state index in [2.05, 4.69) is 50.3 Å². The van der Waals surface area contributed by atoms with E-state index in [9.17, 15) is 4.79 Å². The Morgan fingerprint density at radius 3 is 2.57 bits per heavy atom. The SMILES string of the molecule is CC(C)N1CCN(c2ccc(Nc3ncc4sc5c(c4n3)C3(CCCCC3)CNC5=O)nc2)CC1. The molecule has 3 aliphatic rings. The van der Waals surface area contributed by atoms with Crippen LogP contribution in [0.3, 0.4) is 0 Å². The highest BCUT2D eigenvalue weighted by Gasteiger charge is 2.43. The number of aromatic nitrogens is 3. The van der Waals surface area contributed by atoms with Gasteiger partial charge in [-0.25, -0.2) is 15.0 Å². The van der Waals surface area contributed by atoms with Crippen LogP contribution in [0.15, 0.2) is 24.5 Å². The van der Waals surface area contributed by atoms with Gasteiger partial charge in [-0.2, -0.15) is 0 Å². The highest BCUT2D eigenvalue weighted by molar-refractivity contribution is 7.21. The van der Waals surface area contributed by atoms with Gasteiger partial charge in [0.1, 0.15) is 5.82 Å². The number of fused-ring (bicyclic) bond motifs is 4. The molecule has 9 heteroatoms. The van der Waals surface area contributed by atoms with Gasteiger partial charge in [0.25, 0.3) is 5.91 Å². The van der Waals surface area contributed by atoms with Crippen LogP contribution in [0.25, 0.3) is 10.2 Å². The number of nitrogens with zero attached hydrogens (tertiary/aromatic N) is 5. The molecule has 2 N–H and O–H groups in total. The lowest BCUT2D eigenvalue weighted by molar-refractivity contribution is 0.0919. The van der Waals surface area contributed by atoms with Crippen LogP contribution in [0.1, 0.15) is 61.2 Å². The molecule has 0 aromatic carbocycles. The Hall–Kier alpha value is -2.78. The van der Waals surface area contributed by atoms with Gasteiger partial charge in [0, 0.05) is 49.7 Å². The summed E-state index contributed by atoms with van der Waals surface area (Å²) in [5.74, 6) is 1.28. The van der Waals surface area contributed by atoms with Crippen molar-refractivity contribution in [3.05, 3.63) is 35.0 Å². The number of nitrogens with one attached hydrogen (secondary N) is 2. The Balaban J connectivity index is 1.24. The highest BCUT2D eigenvalue weighted by Crippen LogP contribution is 2.47. The van der Waals surface area contributed by atoms with Gasteiger partial charge < -0.3 is 15.5 Å². The number of pyridine rings is 1. The molecule has 3 aromatic rings. The number of hydrogen-bond donors (Lipinski definition) is 2. The molecule has 2 aliphatic heterocycles. The first-order chi connectivity index (χ1) is 17.0. The van der Waals surface area contributed by atoms with Crippen molar-refractivity contribution >= 4 is 44.9 Å². The van der Waals surface area contributed by atoms with Crippen LogP contribution in [0, 0.1) is 0 Å². The number of hydrogen-bond acceptors (Lipinski definition) is 8. The summed E-state index contributed by atoms with van der Waals surface area (Å²) in [4.78, 5) is 32.5. The molecule has 0 unspecified atom stereocenters. The highest BCUT2D eigenvalue weighted by atomic mass is 32.1. The number of rotatable bonds is 4. The van der Waals surface area contributed by atoms with E-state index in [0.29, 0.717) is 18.5 Å². The second kappa shape index (κ2) is 9.02. The van der Waals surface area contributed by atoms with Gasteiger partial charge in [-0.1, -0.05) is 19.3 Å². The fraction of sp³-hybridized carbons (Fsp3) is 0.538. The smallest absolute Gasteiger partial charge is 0.261 e. The summed E-state index contributed by atoms with van der Waals surface area (Å²) in [5, 5.41) is 6.44. The lowest BCUT2D eigenvalue weighted by Gasteiger charge is -2.40. The lowest BCUT2D eigenvalue weighted by Crippen LogP contribution is -2.48. The maximum absolute atomic E-state index is 12.7. The van der Waals surface area contributed by atoms with Gasteiger partial charge in [-0.05, 0) is 38.8 Å². The van der Waals surface area contributed by atoms with Gasteiger partial charge in [-0.3, -0.25) is 9.69 Å². The molecule has 6 rings (SSSR count). The normalized spacial score (nSPS) is 20.3. The number of amides is 1. The van der Waals surface area contributed by atoms with Crippen molar-refractivity contribution in [1.29, 1.82) is 0 Å². The average Bonchev–Trinajstić information content (AvgIpc) is 3.28. The molecule has 184 valence electrons. The van der Waals surface area contributed by atoms with Crippen LogP contribution in [0.2, 0.25) is 0 Å². The fourth-order valence-electron chi connectivity index (χ4n) is 5.94. The third-order valence-corrected chi connectivity index (χ3v) is 9.08. The summed E-state index contributed by atoms with van der Waals surface area (Å²) < 4.78 is 0.978. The summed E-state index contributed by atoms with van der Waals surface area (Å²) in [6, 6.07) is 4.71. The minimum absolute atomic E-state index is 0.00482. The maximum atomic E-state index is 12.7. The minimum Gasteiger partial charge on any atom is -0.368 e. The van der Waals surface area contributed by atoms with Crippen molar-refractivity contribution in [3.63, 3.8) is 0 Å². The molecule has 3 aromatic heterocycles. The van der Waals surface area contributed by atoms with Crippen molar-refractivity contribution in [2.24, 2.45) is 0 Å². The van der Waals surface area contributed by atoms with E-state index in [0.717, 1.165) is 71.2 Å². The summed E-state index contributed by atoms with van der Waals surface area (Å²) in [5.41, 5.74) is 3.23. The molecule has 8 nitrogen and oxygen atoms in total. The number of thiophene rings is 1. The molecule has 1 spiro atoms. The molecule has 0 radical (unpaired) electrons. The molecular formula is C26H33N7OS. The monoisotopic (exact) mass is 491 g/mol. The number of piperazine rings is 1. The second-order valence-electron chi connectivity index (χ2n) is 10.4.